The predicted molar refractivity (Wildman–Crippen MR) is 108 cm³/mol. The predicted octanol–water partition coefficient (Wildman–Crippen LogP) is 6.84. The zero-order chi connectivity index (χ0) is 18.8. The van der Waals surface area contributed by atoms with E-state index in [0.717, 1.165) is 21.5 Å². The first-order valence-corrected chi connectivity index (χ1v) is 10.3. The number of hydrogen-bond donors (Lipinski definition) is 1. The standard InChI is InChI=1S/C20H11Cl2O4P/c21-15-9-11-5-1-3-7-13(11)17-18-14-8-4-2-6-12(14)10-16(22)20(18)26-27(23,24)25-19(15)17/h1-10H,(H,23,24). The topological polar surface area (TPSA) is 55.8 Å². The molecule has 7 heteroatoms. The Kier molecular flexibility index (Phi) is 3.68. The van der Waals surface area contributed by atoms with Gasteiger partial charge in [0.1, 0.15) is 0 Å². The highest BCUT2D eigenvalue weighted by Crippen LogP contribution is 2.60. The van der Waals surface area contributed by atoms with Gasteiger partial charge in [0.2, 0.25) is 0 Å². The molecule has 4 aromatic rings. The molecule has 0 spiro atoms. The van der Waals surface area contributed by atoms with Crippen LogP contribution in [0.5, 0.6) is 11.5 Å². The van der Waals surface area contributed by atoms with E-state index in [-0.39, 0.29) is 21.5 Å². The molecule has 4 nitrogen and oxygen atoms in total. The van der Waals surface area contributed by atoms with Crippen LogP contribution in [0.25, 0.3) is 32.7 Å². The summed E-state index contributed by atoms with van der Waals surface area (Å²) in [6, 6.07) is 18.6. The fourth-order valence-corrected chi connectivity index (χ4v) is 5.00. The van der Waals surface area contributed by atoms with Crippen molar-refractivity contribution in [2.24, 2.45) is 0 Å². The van der Waals surface area contributed by atoms with Crippen molar-refractivity contribution < 1.29 is 18.5 Å². The number of phosphoric ester groups is 1. The number of phosphoric acid groups is 1. The van der Waals surface area contributed by atoms with Gasteiger partial charge in [0.25, 0.3) is 0 Å². The monoisotopic (exact) mass is 416 g/mol. The van der Waals surface area contributed by atoms with Crippen molar-refractivity contribution in [3.8, 4) is 22.6 Å². The molecule has 0 fully saturated rings. The molecule has 5 rings (SSSR count). The van der Waals surface area contributed by atoms with E-state index in [9.17, 15) is 9.46 Å². The summed E-state index contributed by atoms with van der Waals surface area (Å²) >= 11 is 12.9. The molecule has 0 radical (unpaired) electrons. The molecule has 0 amide bonds. The quantitative estimate of drug-likeness (QED) is 0.319. The normalized spacial score (nSPS) is 14.8. The highest BCUT2D eigenvalue weighted by atomic mass is 35.5. The van der Waals surface area contributed by atoms with Crippen molar-refractivity contribution in [2.45, 2.75) is 0 Å². The van der Waals surface area contributed by atoms with E-state index in [4.69, 9.17) is 32.2 Å². The van der Waals surface area contributed by atoms with Crippen LogP contribution < -0.4 is 9.05 Å². The van der Waals surface area contributed by atoms with Crippen molar-refractivity contribution in [3.63, 3.8) is 0 Å². The molecule has 4 aromatic carbocycles. The maximum absolute atomic E-state index is 12.5. The van der Waals surface area contributed by atoms with Gasteiger partial charge in [-0.15, -0.1) is 0 Å². The Labute approximate surface area is 164 Å². The number of halogens is 2. The molecule has 0 aromatic heterocycles. The third-order valence-electron chi connectivity index (χ3n) is 4.58. The van der Waals surface area contributed by atoms with Crippen molar-refractivity contribution in [1.82, 2.24) is 0 Å². The highest BCUT2D eigenvalue weighted by Gasteiger charge is 2.36. The van der Waals surface area contributed by atoms with Crippen LogP contribution in [0.4, 0.5) is 0 Å². The van der Waals surface area contributed by atoms with Crippen LogP contribution >= 0.6 is 31.0 Å². The van der Waals surface area contributed by atoms with Crippen molar-refractivity contribution in [3.05, 3.63) is 70.7 Å². The van der Waals surface area contributed by atoms with Gasteiger partial charge in [-0.25, -0.2) is 4.57 Å². The van der Waals surface area contributed by atoms with E-state index in [2.05, 4.69) is 0 Å². The minimum atomic E-state index is -4.47. The molecule has 1 aliphatic rings. The van der Waals surface area contributed by atoms with Gasteiger partial charge in [-0.2, -0.15) is 0 Å². The first-order valence-electron chi connectivity index (χ1n) is 8.09. The highest BCUT2D eigenvalue weighted by molar-refractivity contribution is 7.48. The van der Waals surface area contributed by atoms with Gasteiger partial charge in [-0.1, -0.05) is 71.7 Å². The largest absolute Gasteiger partial charge is 0.585 e. The Morgan fingerprint density at radius 1 is 0.741 bits per heavy atom. The Hall–Kier alpha value is -2.23. The summed E-state index contributed by atoms with van der Waals surface area (Å²) < 4.78 is 23.3. The second-order valence-corrected chi connectivity index (χ2v) is 8.34. The van der Waals surface area contributed by atoms with Gasteiger partial charge in [0, 0.05) is 11.1 Å². The number of benzene rings is 4. The Bertz CT molecular complexity index is 1210. The molecule has 0 unspecified atom stereocenters. The van der Waals surface area contributed by atoms with Crippen LogP contribution in [0.15, 0.2) is 60.7 Å². The molecule has 0 saturated heterocycles. The van der Waals surface area contributed by atoms with Gasteiger partial charge < -0.3 is 9.05 Å². The maximum Gasteiger partial charge on any atom is 0.585 e. The average molecular weight is 417 g/mol. The second kappa shape index (κ2) is 5.88. The lowest BCUT2D eigenvalue weighted by molar-refractivity contribution is 0.295. The van der Waals surface area contributed by atoms with Crippen LogP contribution in [0.1, 0.15) is 0 Å². The molecule has 0 saturated carbocycles. The van der Waals surface area contributed by atoms with Crippen molar-refractivity contribution in [2.75, 3.05) is 0 Å². The SMILES string of the molecule is O=P1(O)Oc2c(Cl)cc3ccccc3c2-c2c(c(Cl)cc3ccccc23)O1. The molecule has 27 heavy (non-hydrogen) atoms. The lowest BCUT2D eigenvalue weighted by Crippen LogP contribution is -1.98. The lowest BCUT2D eigenvalue weighted by atomic mass is 9.92. The summed E-state index contributed by atoms with van der Waals surface area (Å²) in [6.07, 6.45) is 0. The summed E-state index contributed by atoms with van der Waals surface area (Å²) in [7, 11) is -4.47. The molecule has 1 heterocycles. The van der Waals surface area contributed by atoms with E-state index in [0.29, 0.717) is 11.1 Å². The minimum Gasteiger partial charge on any atom is -0.393 e. The summed E-state index contributed by atoms with van der Waals surface area (Å²) in [6.45, 7) is 0. The van der Waals surface area contributed by atoms with Crippen LogP contribution in [0.3, 0.4) is 0 Å². The van der Waals surface area contributed by atoms with Crippen LogP contribution in [-0.4, -0.2) is 4.89 Å². The Morgan fingerprint density at radius 3 is 1.59 bits per heavy atom. The first kappa shape index (κ1) is 16.9. The van der Waals surface area contributed by atoms with Gasteiger partial charge in [-0.05, 0) is 33.7 Å². The third-order valence-corrected chi connectivity index (χ3v) is 5.96. The van der Waals surface area contributed by atoms with E-state index < -0.39 is 7.82 Å². The zero-order valence-corrected chi connectivity index (χ0v) is 16.1. The summed E-state index contributed by atoms with van der Waals surface area (Å²) in [5, 5.41) is 3.81. The Balaban J connectivity index is 2.08. The van der Waals surface area contributed by atoms with Crippen molar-refractivity contribution in [1.29, 1.82) is 0 Å². The Morgan fingerprint density at radius 2 is 1.15 bits per heavy atom. The molecule has 134 valence electrons. The van der Waals surface area contributed by atoms with Crippen molar-refractivity contribution >= 4 is 52.6 Å². The van der Waals surface area contributed by atoms with Crippen LogP contribution in [0.2, 0.25) is 10.0 Å². The van der Waals surface area contributed by atoms with E-state index >= 15 is 0 Å². The fraction of sp³-hybridized carbons (Fsp3) is 0. The average Bonchev–Trinajstić information content (AvgIpc) is 2.76. The molecule has 0 bridgehead atoms. The summed E-state index contributed by atoms with van der Waals surface area (Å²) in [5.41, 5.74) is 1.16. The zero-order valence-electron chi connectivity index (χ0n) is 13.6. The number of rotatable bonds is 0. The molecule has 0 atom stereocenters. The summed E-state index contributed by atoms with van der Waals surface area (Å²) in [5.74, 6) is 0.208. The molecular formula is C20H11Cl2O4P. The number of hydrogen-bond acceptors (Lipinski definition) is 3. The van der Waals surface area contributed by atoms with Gasteiger partial charge in [0.05, 0.1) is 10.0 Å². The lowest BCUT2D eigenvalue weighted by Gasteiger charge is -2.15. The molecule has 1 N–H and O–H groups in total. The molecular weight excluding hydrogens is 406 g/mol. The third kappa shape index (κ3) is 2.60. The van der Waals surface area contributed by atoms with E-state index in [1.165, 1.54) is 0 Å². The summed E-state index contributed by atoms with van der Waals surface area (Å²) in [4.78, 5) is 10.2. The van der Waals surface area contributed by atoms with Crippen LogP contribution in [-0.2, 0) is 4.57 Å². The minimum absolute atomic E-state index is 0.104. The fourth-order valence-electron chi connectivity index (χ4n) is 3.51. The van der Waals surface area contributed by atoms with Gasteiger partial charge in [-0.3, -0.25) is 4.89 Å². The van der Waals surface area contributed by atoms with E-state index in [1.54, 1.807) is 12.1 Å². The first-order chi connectivity index (χ1) is 12.9. The van der Waals surface area contributed by atoms with Crippen LogP contribution in [0, 0.1) is 0 Å². The van der Waals surface area contributed by atoms with E-state index in [1.807, 2.05) is 48.5 Å². The molecule has 1 aliphatic heterocycles. The second-order valence-electron chi connectivity index (χ2n) is 6.22. The maximum atomic E-state index is 12.5. The molecule has 0 aliphatic carbocycles. The smallest absolute Gasteiger partial charge is 0.393 e. The van der Waals surface area contributed by atoms with Gasteiger partial charge >= 0.3 is 7.82 Å². The number of fused-ring (bicyclic) bond motifs is 7. The van der Waals surface area contributed by atoms with Gasteiger partial charge in [0.15, 0.2) is 11.5 Å².